The second-order valence-electron chi connectivity index (χ2n) is 8.89. The first kappa shape index (κ1) is 21.2. The molecule has 0 saturated carbocycles. The minimum atomic E-state index is -1.20. The number of nitrogens with zero attached hydrogens (tertiary/aromatic N) is 3. The summed E-state index contributed by atoms with van der Waals surface area (Å²) in [5.41, 5.74) is 3.62. The van der Waals surface area contributed by atoms with Gasteiger partial charge in [0.1, 0.15) is 17.8 Å². The fourth-order valence-corrected chi connectivity index (χ4v) is 5.08. The molecule has 2 aromatic carbocycles. The van der Waals surface area contributed by atoms with Gasteiger partial charge in [0.25, 0.3) is 0 Å². The Kier molecular flexibility index (Phi) is 4.77. The maximum Gasteiger partial charge on any atom is 0.237 e. The van der Waals surface area contributed by atoms with Gasteiger partial charge < -0.3 is 5.32 Å². The Labute approximate surface area is 199 Å². The smallest absolute Gasteiger partial charge is 0.237 e. The van der Waals surface area contributed by atoms with Gasteiger partial charge in [0.15, 0.2) is 11.6 Å². The lowest BCUT2D eigenvalue weighted by Crippen LogP contribution is -2.35. The highest BCUT2D eigenvalue weighted by atomic mass is 19.2. The molecule has 6 nitrogen and oxygen atoms in total. The molecule has 8 heteroatoms. The van der Waals surface area contributed by atoms with Crippen molar-refractivity contribution in [3.8, 4) is 0 Å². The molecule has 0 fully saturated rings. The second-order valence-corrected chi connectivity index (χ2v) is 8.89. The second kappa shape index (κ2) is 7.87. The maximum absolute atomic E-state index is 14.1. The number of nitrogens with one attached hydrogen (secondary N) is 1. The topological polar surface area (TPSA) is 84.8 Å². The van der Waals surface area contributed by atoms with Crippen LogP contribution in [0.5, 0.6) is 0 Å². The number of anilines is 1. The van der Waals surface area contributed by atoms with Crippen molar-refractivity contribution in [3.63, 3.8) is 0 Å². The molecular weight excluding hydrogens is 450 g/mol. The van der Waals surface area contributed by atoms with Crippen LogP contribution in [-0.4, -0.2) is 26.6 Å². The fraction of sp³-hybridized carbons (Fsp3) is 0.148. The summed E-state index contributed by atoms with van der Waals surface area (Å²) in [5, 5.41) is 2.91. The van der Waals surface area contributed by atoms with E-state index >= 15 is 0 Å². The zero-order valence-corrected chi connectivity index (χ0v) is 18.4. The Bertz CT molecular complexity index is 1540. The predicted molar refractivity (Wildman–Crippen MR) is 123 cm³/mol. The Balaban J connectivity index is 1.26. The van der Waals surface area contributed by atoms with E-state index in [2.05, 4.69) is 26.3 Å². The number of halogens is 2. The van der Waals surface area contributed by atoms with Crippen molar-refractivity contribution in [1.29, 1.82) is 0 Å². The molecule has 1 spiro atoms. The van der Waals surface area contributed by atoms with E-state index in [-0.39, 0.29) is 17.2 Å². The number of carbonyl (C=O) groups excluding carboxylic acids is 2. The third kappa shape index (κ3) is 3.41. The van der Waals surface area contributed by atoms with Crippen molar-refractivity contribution in [1.82, 2.24) is 15.0 Å². The highest BCUT2D eigenvalue weighted by molar-refractivity contribution is 6.08. The molecule has 0 bridgehead atoms. The van der Waals surface area contributed by atoms with Crippen LogP contribution < -0.4 is 5.32 Å². The average Bonchev–Trinajstić information content (AvgIpc) is 3.38. The lowest BCUT2D eigenvalue weighted by molar-refractivity contribution is -0.120. The van der Waals surface area contributed by atoms with Crippen LogP contribution in [0.25, 0.3) is 0 Å². The van der Waals surface area contributed by atoms with Crippen LogP contribution in [0.15, 0.2) is 67.1 Å². The number of ketones is 1. The molecule has 3 heterocycles. The number of amides is 1. The van der Waals surface area contributed by atoms with Gasteiger partial charge in [-0.3, -0.25) is 9.59 Å². The van der Waals surface area contributed by atoms with Gasteiger partial charge in [-0.1, -0.05) is 30.3 Å². The van der Waals surface area contributed by atoms with Crippen LogP contribution in [0.4, 0.5) is 14.6 Å². The van der Waals surface area contributed by atoms with Gasteiger partial charge in [-0.25, -0.2) is 23.7 Å². The lowest BCUT2D eigenvalue weighted by Gasteiger charge is -2.20. The number of aromatic nitrogens is 3. The van der Waals surface area contributed by atoms with Crippen molar-refractivity contribution >= 4 is 17.5 Å². The minimum absolute atomic E-state index is 0.00801. The number of pyridine rings is 1. The van der Waals surface area contributed by atoms with Gasteiger partial charge >= 0.3 is 0 Å². The van der Waals surface area contributed by atoms with E-state index in [4.69, 9.17) is 0 Å². The molecule has 1 unspecified atom stereocenters. The Morgan fingerprint density at radius 2 is 1.83 bits per heavy atom. The molecule has 172 valence electrons. The van der Waals surface area contributed by atoms with Crippen LogP contribution in [0, 0.1) is 11.6 Å². The summed E-state index contributed by atoms with van der Waals surface area (Å²) in [5.74, 6) is -2.40. The molecule has 0 radical (unpaired) electrons. The number of rotatable bonds is 4. The van der Waals surface area contributed by atoms with Crippen molar-refractivity contribution < 1.29 is 18.4 Å². The van der Waals surface area contributed by atoms with Gasteiger partial charge in [-0.15, -0.1) is 0 Å². The molecule has 0 saturated heterocycles. The van der Waals surface area contributed by atoms with Gasteiger partial charge in [0.05, 0.1) is 11.0 Å². The average molecular weight is 468 g/mol. The van der Waals surface area contributed by atoms with Crippen molar-refractivity contribution in [2.24, 2.45) is 0 Å². The quantitative estimate of drug-likeness (QED) is 0.459. The summed E-state index contributed by atoms with van der Waals surface area (Å²) in [6.45, 7) is 0. The molecule has 35 heavy (non-hydrogen) atoms. The summed E-state index contributed by atoms with van der Waals surface area (Å²) in [4.78, 5) is 38.1. The van der Waals surface area contributed by atoms with Crippen molar-refractivity contribution in [2.45, 2.75) is 24.7 Å². The first-order chi connectivity index (χ1) is 16.9. The summed E-state index contributed by atoms with van der Waals surface area (Å²) >= 11 is 0. The molecule has 1 aliphatic heterocycles. The van der Waals surface area contributed by atoms with Crippen LogP contribution in [0.1, 0.15) is 44.0 Å². The summed E-state index contributed by atoms with van der Waals surface area (Å²) < 4.78 is 27.6. The summed E-state index contributed by atoms with van der Waals surface area (Å²) in [6.07, 6.45) is 4.52. The molecule has 1 N–H and O–H groups in total. The zero-order valence-electron chi connectivity index (χ0n) is 18.4. The third-order valence-electron chi connectivity index (χ3n) is 6.78. The standard InChI is InChI=1S/C27H18F2N4O2/c28-21-5-1-3-19(23(21)29)24(34)22-11-18(31-14-32-22)10-15-6-7-16-12-27(13-17(16)9-15)20-4-2-8-30-25(20)33-26(27)35/h1-9,11,14H,10,12-13H2,(H,30,33,35). The number of carbonyl (C=O) groups is 2. The van der Waals surface area contributed by atoms with E-state index in [1.165, 1.54) is 24.5 Å². The minimum Gasteiger partial charge on any atom is -0.310 e. The van der Waals surface area contributed by atoms with Crippen LogP contribution >= 0.6 is 0 Å². The van der Waals surface area contributed by atoms with Crippen molar-refractivity contribution in [2.75, 3.05) is 5.32 Å². The first-order valence-corrected chi connectivity index (χ1v) is 11.1. The summed E-state index contributed by atoms with van der Waals surface area (Å²) in [6, 6.07) is 14.8. The highest BCUT2D eigenvalue weighted by Crippen LogP contribution is 2.46. The molecule has 1 aliphatic carbocycles. The molecule has 1 atom stereocenters. The normalized spacial score (nSPS) is 17.8. The van der Waals surface area contributed by atoms with Gasteiger partial charge in [0, 0.05) is 23.9 Å². The van der Waals surface area contributed by atoms with E-state index < -0.39 is 22.8 Å². The van der Waals surface area contributed by atoms with E-state index in [0.29, 0.717) is 30.8 Å². The lowest BCUT2D eigenvalue weighted by atomic mass is 9.79. The highest BCUT2D eigenvalue weighted by Gasteiger charge is 2.51. The van der Waals surface area contributed by atoms with E-state index in [1.807, 2.05) is 24.3 Å². The van der Waals surface area contributed by atoms with Gasteiger partial charge in [-0.2, -0.15) is 0 Å². The molecule has 4 aromatic rings. The van der Waals surface area contributed by atoms with Crippen LogP contribution in [-0.2, 0) is 29.5 Å². The summed E-state index contributed by atoms with van der Waals surface area (Å²) in [7, 11) is 0. The molecule has 2 aliphatic rings. The molecule has 6 rings (SSSR count). The number of benzene rings is 2. The van der Waals surface area contributed by atoms with E-state index in [9.17, 15) is 18.4 Å². The Morgan fingerprint density at radius 3 is 2.71 bits per heavy atom. The number of hydrogen-bond donors (Lipinski definition) is 1. The molecular formula is C27H18F2N4O2. The monoisotopic (exact) mass is 468 g/mol. The Morgan fingerprint density at radius 1 is 0.971 bits per heavy atom. The van der Waals surface area contributed by atoms with Crippen molar-refractivity contribution in [3.05, 3.63) is 118 Å². The first-order valence-electron chi connectivity index (χ1n) is 11.1. The maximum atomic E-state index is 14.1. The molecule has 2 aromatic heterocycles. The zero-order chi connectivity index (χ0) is 24.2. The SMILES string of the molecule is O=C(c1cc(Cc2ccc3c(c2)CC2(C3)C(=O)Nc3ncccc32)ncn1)c1cccc(F)c1F. The number of hydrogen-bond acceptors (Lipinski definition) is 5. The largest absolute Gasteiger partial charge is 0.310 e. The predicted octanol–water partition coefficient (Wildman–Crippen LogP) is 3.96. The van der Waals surface area contributed by atoms with Gasteiger partial charge in [-0.05, 0) is 53.8 Å². The third-order valence-corrected chi connectivity index (χ3v) is 6.78. The van der Waals surface area contributed by atoms with E-state index in [0.717, 1.165) is 28.3 Å². The van der Waals surface area contributed by atoms with Crippen LogP contribution in [0.2, 0.25) is 0 Å². The van der Waals surface area contributed by atoms with Gasteiger partial charge in [0.2, 0.25) is 11.7 Å². The molecule has 1 amide bonds. The van der Waals surface area contributed by atoms with E-state index in [1.54, 1.807) is 6.20 Å². The number of fused-ring (bicyclic) bond motifs is 3. The fourth-order valence-electron chi connectivity index (χ4n) is 5.08. The van der Waals surface area contributed by atoms with Crippen LogP contribution in [0.3, 0.4) is 0 Å². The Hall–Kier alpha value is -4.33.